The lowest BCUT2D eigenvalue weighted by atomic mass is 9.67. The first-order valence-corrected chi connectivity index (χ1v) is 5.20. The highest BCUT2D eigenvalue weighted by molar-refractivity contribution is 7.71. The van der Waals surface area contributed by atoms with Crippen LogP contribution in [0.25, 0.3) is 0 Å². The summed E-state index contributed by atoms with van der Waals surface area (Å²) in [5.74, 6) is 0. The molecule has 1 atom stereocenters. The van der Waals surface area contributed by atoms with E-state index in [-0.39, 0.29) is 0 Å². The van der Waals surface area contributed by atoms with E-state index >= 15 is 0 Å². The first-order valence-electron chi connectivity index (χ1n) is 4.79. The fraction of sp³-hybridized carbons (Fsp3) is 0.700. The van der Waals surface area contributed by atoms with Gasteiger partial charge in [-0.25, -0.2) is 0 Å². The molecule has 0 bridgehead atoms. The van der Waals surface area contributed by atoms with Crippen LogP contribution < -0.4 is 0 Å². The molecule has 1 heterocycles. The smallest absolute Gasteiger partial charge is 0.177 e. The minimum absolute atomic E-state index is 0.422. The third kappa shape index (κ3) is 1.26. The monoisotopic (exact) mass is 196 g/mol. The van der Waals surface area contributed by atoms with Gasteiger partial charge in [0.05, 0.1) is 0 Å². The van der Waals surface area contributed by atoms with Crippen LogP contribution in [0.3, 0.4) is 0 Å². The van der Waals surface area contributed by atoms with Gasteiger partial charge in [0.1, 0.15) is 0 Å². The van der Waals surface area contributed by atoms with Crippen LogP contribution in [0.15, 0.2) is 6.20 Å². The second-order valence-electron chi connectivity index (χ2n) is 4.65. The molecule has 1 N–H and O–H groups in total. The molecule has 1 saturated carbocycles. The summed E-state index contributed by atoms with van der Waals surface area (Å²) in [4.78, 5) is 3.10. The molecule has 3 heteroatoms. The molecule has 0 saturated heterocycles. The molecule has 1 aliphatic rings. The third-order valence-electron chi connectivity index (χ3n) is 3.28. The standard InChI is InChI=1S/C10H16N2S/c1-7-6-11-9(13)12(7)8-4-5-10(8,2)3/h6,8H,4-5H2,1-3H3,(H,11,13). The number of rotatable bonds is 1. The first-order chi connectivity index (χ1) is 6.02. The highest BCUT2D eigenvalue weighted by Gasteiger charge is 2.40. The summed E-state index contributed by atoms with van der Waals surface area (Å²) in [5, 5.41) is 0. The van der Waals surface area contributed by atoms with Crippen molar-refractivity contribution in [2.75, 3.05) is 0 Å². The van der Waals surface area contributed by atoms with Crippen LogP contribution >= 0.6 is 12.2 Å². The van der Waals surface area contributed by atoms with Crippen molar-refractivity contribution in [1.82, 2.24) is 9.55 Å². The second-order valence-corrected chi connectivity index (χ2v) is 5.03. The molecule has 1 unspecified atom stereocenters. The molecule has 0 radical (unpaired) electrons. The van der Waals surface area contributed by atoms with Gasteiger partial charge in [0.15, 0.2) is 4.77 Å². The second kappa shape index (κ2) is 2.71. The van der Waals surface area contributed by atoms with Crippen molar-refractivity contribution < 1.29 is 0 Å². The van der Waals surface area contributed by atoms with Gasteiger partial charge in [-0.3, -0.25) is 0 Å². The zero-order chi connectivity index (χ0) is 9.64. The molecule has 0 spiro atoms. The predicted octanol–water partition coefficient (Wildman–Crippen LogP) is 3.22. The number of aromatic amines is 1. The summed E-state index contributed by atoms with van der Waals surface area (Å²) in [7, 11) is 0. The summed E-state index contributed by atoms with van der Waals surface area (Å²) < 4.78 is 3.13. The minimum atomic E-state index is 0.422. The van der Waals surface area contributed by atoms with Crippen molar-refractivity contribution in [2.24, 2.45) is 5.41 Å². The maximum atomic E-state index is 5.26. The Kier molecular flexibility index (Phi) is 1.88. The van der Waals surface area contributed by atoms with Gasteiger partial charge in [0.25, 0.3) is 0 Å². The maximum absolute atomic E-state index is 5.26. The van der Waals surface area contributed by atoms with Gasteiger partial charge in [0, 0.05) is 17.9 Å². The van der Waals surface area contributed by atoms with Gasteiger partial charge < -0.3 is 9.55 Å². The van der Waals surface area contributed by atoms with Crippen LogP contribution in [0, 0.1) is 17.1 Å². The van der Waals surface area contributed by atoms with Crippen LogP contribution in [-0.2, 0) is 0 Å². The van der Waals surface area contributed by atoms with Gasteiger partial charge in [0.2, 0.25) is 0 Å². The highest BCUT2D eigenvalue weighted by atomic mass is 32.1. The minimum Gasteiger partial charge on any atom is -0.337 e. The highest BCUT2D eigenvalue weighted by Crippen LogP contribution is 2.49. The number of imidazole rings is 1. The van der Waals surface area contributed by atoms with E-state index in [2.05, 4.69) is 30.3 Å². The van der Waals surface area contributed by atoms with Crippen LogP contribution in [0.1, 0.15) is 38.4 Å². The Balaban J connectivity index is 2.42. The first kappa shape index (κ1) is 9.00. The molecule has 72 valence electrons. The van der Waals surface area contributed by atoms with E-state index in [0.29, 0.717) is 11.5 Å². The Bertz CT molecular complexity index is 373. The van der Waals surface area contributed by atoms with E-state index in [1.807, 2.05) is 6.20 Å². The lowest BCUT2D eigenvalue weighted by Crippen LogP contribution is -2.37. The van der Waals surface area contributed by atoms with Crippen molar-refractivity contribution in [1.29, 1.82) is 0 Å². The average Bonchev–Trinajstić information content (AvgIpc) is 2.34. The zero-order valence-corrected chi connectivity index (χ0v) is 9.24. The van der Waals surface area contributed by atoms with Crippen LogP contribution in [0.5, 0.6) is 0 Å². The van der Waals surface area contributed by atoms with Crippen LogP contribution in [-0.4, -0.2) is 9.55 Å². The fourth-order valence-electron chi connectivity index (χ4n) is 2.18. The fourth-order valence-corrected chi connectivity index (χ4v) is 2.51. The van der Waals surface area contributed by atoms with E-state index in [1.54, 1.807) is 0 Å². The zero-order valence-electron chi connectivity index (χ0n) is 8.42. The number of nitrogens with zero attached hydrogens (tertiary/aromatic N) is 1. The van der Waals surface area contributed by atoms with Crippen molar-refractivity contribution in [3.8, 4) is 0 Å². The molecule has 1 aromatic heterocycles. The van der Waals surface area contributed by atoms with Crippen LogP contribution in [0.4, 0.5) is 0 Å². The van der Waals surface area contributed by atoms with Gasteiger partial charge in [-0.05, 0) is 37.4 Å². The Morgan fingerprint density at radius 3 is 2.62 bits per heavy atom. The van der Waals surface area contributed by atoms with Crippen LogP contribution in [0.2, 0.25) is 0 Å². The number of aromatic nitrogens is 2. The number of aryl methyl sites for hydroxylation is 1. The predicted molar refractivity (Wildman–Crippen MR) is 56.4 cm³/mol. The molecule has 13 heavy (non-hydrogen) atoms. The molecule has 0 amide bonds. The summed E-state index contributed by atoms with van der Waals surface area (Å²) in [6.45, 7) is 6.74. The molecule has 2 rings (SSSR count). The largest absolute Gasteiger partial charge is 0.337 e. The maximum Gasteiger partial charge on any atom is 0.177 e. The molecule has 2 nitrogen and oxygen atoms in total. The van der Waals surface area contributed by atoms with E-state index in [1.165, 1.54) is 18.5 Å². The van der Waals surface area contributed by atoms with Crippen molar-refractivity contribution in [3.63, 3.8) is 0 Å². The Morgan fingerprint density at radius 1 is 1.62 bits per heavy atom. The Morgan fingerprint density at radius 2 is 2.31 bits per heavy atom. The van der Waals surface area contributed by atoms with Gasteiger partial charge in [-0.2, -0.15) is 0 Å². The third-order valence-corrected chi connectivity index (χ3v) is 3.59. The SMILES string of the molecule is Cc1c[nH]c(=S)n1C1CCC1(C)C. The number of hydrogen-bond acceptors (Lipinski definition) is 1. The molecule has 1 fully saturated rings. The topological polar surface area (TPSA) is 20.7 Å². The molecule has 1 aromatic rings. The summed E-state index contributed by atoms with van der Waals surface area (Å²) >= 11 is 5.26. The van der Waals surface area contributed by atoms with Crippen molar-refractivity contribution >= 4 is 12.2 Å². The van der Waals surface area contributed by atoms with Gasteiger partial charge in [-0.1, -0.05) is 13.8 Å². The number of nitrogens with one attached hydrogen (secondary N) is 1. The molecule has 1 aliphatic carbocycles. The van der Waals surface area contributed by atoms with E-state index in [9.17, 15) is 0 Å². The van der Waals surface area contributed by atoms with E-state index < -0.39 is 0 Å². The van der Waals surface area contributed by atoms with Gasteiger partial charge >= 0.3 is 0 Å². The molecular formula is C10H16N2S. The van der Waals surface area contributed by atoms with E-state index in [0.717, 1.165) is 4.77 Å². The molecule has 0 aliphatic heterocycles. The number of H-pyrrole nitrogens is 1. The van der Waals surface area contributed by atoms with Crippen molar-refractivity contribution in [3.05, 3.63) is 16.7 Å². The summed E-state index contributed by atoms with van der Waals surface area (Å²) in [5.41, 5.74) is 1.67. The molecule has 0 aromatic carbocycles. The lowest BCUT2D eigenvalue weighted by Gasteiger charge is -2.45. The van der Waals surface area contributed by atoms with E-state index in [4.69, 9.17) is 12.2 Å². The Hall–Kier alpha value is -0.570. The average molecular weight is 196 g/mol. The summed E-state index contributed by atoms with van der Waals surface area (Å²) in [6.07, 6.45) is 4.57. The quantitative estimate of drug-likeness (QED) is 0.684. The number of hydrogen-bond donors (Lipinski definition) is 1. The Labute approximate surface area is 84.0 Å². The van der Waals surface area contributed by atoms with Crippen molar-refractivity contribution in [2.45, 2.75) is 39.7 Å². The van der Waals surface area contributed by atoms with Gasteiger partial charge in [-0.15, -0.1) is 0 Å². The molecular weight excluding hydrogens is 180 g/mol. The lowest BCUT2D eigenvalue weighted by molar-refractivity contribution is 0.0792. The summed E-state index contributed by atoms with van der Waals surface area (Å²) in [6, 6.07) is 0.603. The normalized spacial score (nSPS) is 25.6.